The van der Waals surface area contributed by atoms with Crippen molar-refractivity contribution in [2.24, 2.45) is 0 Å². The maximum Gasteiger partial charge on any atom is 0.332 e. The lowest BCUT2D eigenvalue weighted by atomic mass is 9.98. The molecule has 0 aromatic carbocycles. The van der Waals surface area contributed by atoms with E-state index in [4.69, 9.17) is 14.8 Å². The van der Waals surface area contributed by atoms with Crippen LogP contribution in [0.25, 0.3) is 0 Å². The topological polar surface area (TPSA) is 129 Å². The molecule has 8 heteroatoms. The van der Waals surface area contributed by atoms with Crippen molar-refractivity contribution in [3.05, 3.63) is 11.1 Å². The summed E-state index contributed by atoms with van der Waals surface area (Å²) in [6.07, 6.45) is 3.11. The van der Waals surface area contributed by atoms with Gasteiger partial charge in [-0.15, -0.1) is 0 Å². The van der Waals surface area contributed by atoms with Crippen LogP contribution in [0.2, 0.25) is 0 Å². The molecule has 7 nitrogen and oxygen atoms in total. The molecule has 0 rings (SSSR count). The van der Waals surface area contributed by atoms with Gasteiger partial charge >= 0.3 is 11.9 Å². The number of carboxylic acids is 2. The summed E-state index contributed by atoms with van der Waals surface area (Å²) < 4.78 is 29.8. The average molecular weight is 322 g/mol. The Morgan fingerprint density at radius 1 is 0.857 bits per heavy atom. The van der Waals surface area contributed by atoms with Gasteiger partial charge in [0.25, 0.3) is 10.1 Å². The lowest BCUT2D eigenvalue weighted by Crippen LogP contribution is -2.13. The lowest BCUT2D eigenvalue weighted by molar-refractivity contribution is -0.136. The summed E-state index contributed by atoms with van der Waals surface area (Å²) in [4.78, 5) is 22.3. The molecule has 0 saturated carbocycles. The zero-order valence-corrected chi connectivity index (χ0v) is 12.9. The smallest absolute Gasteiger partial charge is 0.332 e. The highest BCUT2D eigenvalue weighted by molar-refractivity contribution is 7.85. The quantitative estimate of drug-likeness (QED) is 0.302. The molecule has 0 bridgehead atoms. The Labute approximate surface area is 124 Å². The van der Waals surface area contributed by atoms with Gasteiger partial charge in [0.2, 0.25) is 0 Å². The molecule has 0 spiro atoms. The predicted octanol–water partition coefficient (Wildman–Crippen LogP) is 2.09. The fourth-order valence-corrected chi connectivity index (χ4v) is 2.44. The van der Waals surface area contributed by atoms with E-state index >= 15 is 0 Å². The second-order valence-corrected chi connectivity index (χ2v) is 6.34. The minimum Gasteiger partial charge on any atom is -0.478 e. The van der Waals surface area contributed by atoms with E-state index in [2.05, 4.69) is 0 Å². The van der Waals surface area contributed by atoms with Crippen molar-refractivity contribution in [1.82, 2.24) is 0 Å². The number of hydrogen-bond donors (Lipinski definition) is 3. The monoisotopic (exact) mass is 322 g/mol. The molecule has 0 saturated heterocycles. The van der Waals surface area contributed by atoms with Crippen LogP contribution >= 0.6 is 0 Å². The van der Waals surface area contributed by atoms with Crippen molar-refractivity contribution < 1.29 is 32.8 Å². The molecular formula is C13H22O7S. The van der Waals surface area contributed by atoms with Crippen LogP contribution in [0.3, 0.4) is 0 Å². The number of carbonyl (C=O) groups is 2. The third-order valence-corrected chi connectivity index (χ3v) is 3.79. The fraction of sp³-hybridized carbons (Fsp3) is 0.692. The number of carboxylic acid groups (broad SMARTS) is 2. The number of hydrogen-bond acceptors (Lipinski definition) is 4. The van der Waals surface area contributed by atoms with Gasteiger partial charge in [-0.1, -0.05) is 26.2 Å². The average Bonchev–Trinajstić information content (AvgIpc) is 2.34. The summed E-state index contributed by atoms with van der Waals surface area (Å²) in [5.41, 5.74) is -0.475. The first-order valence-corrected chi connectivity index (χ1v) is 8.43. The van der Waals surface area contributed by atoms with E-state index in [-0.39, 0.29) is 30.4 Å². The largest absolute Gasteiger partial charge is 0.478 e. The minimum atomic E-state index is -4.18. The van der Waals surface area contributed by atoms with Gasteiger partial charge in [-0.25, -0.2) is 9.59 Å². The van der Waals surface area contributed by atoms with Crippen LogP contribution < -0.4 is 0 Å². The van der Waals surface area contributed by atoms with Gasteiger partial charge < -0.3 is 10.2 Å². The Hall–Kier alpha value is -1.41. The molecule has 0 aliphatic rings. The van der Waals surface area contributed by atoms with Crippen LogP contribution in [0.15, 0.2) is 11.1 Å². The summed E-state index contributed by atoms with van der Waals surface area (Å²) in [6, 6.07) is 0. The molecule has 0 aromatic rings. The minimum absolute atomic E-state index is 0.133. The molecule has 122 valence electrons. The van der Waals surface area contributed by atoms with Gasteiger partial charge in [0.15, 0.2) is 0 Å². The SMILES string of the molecule is CCCCCC/C(C(=O)O)=C(\CCCS(=O)(=O)O)C(=O)O. The van der Waals surface area contributed by atoms with Gasteiger partial charge in [0, 0.05) is 11.1 Å². The van der Waals surface area contributed by atoms with Crippen molar-refractivity contribution in [3.8, 4) is 0 Å². The molecule has 0 aromatic heterocycles. The summed E-state index contributed by atoms with van der Waals surface area (Å²) in [6.45, 7) is 2.01. The molecule has 0 aliphatic heterocycles. The maximum atomic E-state index is 11.2. The van der Waals surface area contributed by atoms with Crippen LogP contribution in [-0.4, -0.2) is 40.9 Å². The van der Waals surface area contributed by atoms with Crippen LogP contribution in [0.5, 0.6) is 0 Å². The summed E-state index contributed by atoms with van der Waals surface area (Å²) in [7, 11) is -4.18. The van der Waals surface area contributed by atoms with Crippen LogP contribution in [0.1, 0.15) is 51.9 Å². The highest BCUT2D eigenvalue weighted by atomic mass is 32.2. The Bertz CT molecular complexity index is 491. The summed E-state index contributed by atoms with van der Waals surface area (Å²) in [5, 5.41) is 18.2. The van der Waals surface area contributed by atoms with E-state index in [0.29, 0.717) is 6.42 Å². The molecule has 0 aliphatic carbocycles. The Morgan fingerprint density at radius 2 is 1.33 bits per heavy atom. The van der Waals surface area contributed by atoms with Crippen LogP contribution in [0, 0.1) is 0 Å². The Kier molecular flexibility index (Phi) is 8.87. The highest BCUT2D eigenvalue weighted by Crippen LogP contribution is 2.19. The summed E-state index contributed by atoms with van der Waals surface area (Å²) >= 11 is 0. The third kappa shape index (κ3) is 9.19. The van der Waals surface area contributed by atoms with Gasteiger partial charge in [-0.2, -0.15) is 8.42 Å². The zero-order chi connectivity index (χ0) is 16.5. The van der Waals surface area contributed by atoms with Crippen molar-refractivity contribution >= 4 is 22.1 Å². The maximum absolute atomic E-state index is 11.2. The molecule has 0 radical (unpaired) electrons. The molecule has 0 atom stereocenters. The second kappa shape index (κ2) is 9.51. The molecule has 0 heterocycles. The normalized spacial score (nSPS) is 12.9. The number of rotatable bonds is 11. The van der Waals surface area contributed by atoms with E-state index in [9.17, 15) is 18.0 Å². The van der Waals surface area contributed by atoms with Gasteiger partial charge in [0.1, 0.15) is 0 Å². The third-order valence-electron chi connectivity index (χ3n) is 2.99. The summed E-state index contributed by atoms with van der Waals surface area (Å²) in [5.74, 6) is -3.25. The first-order valence-electron chi connectivity index (χ1n) is 6.82. The van der Waals surface area contributed by atoms with Crippen molar-refractivity contribution in [2.75, 3.05) is 5.75 Å². The van der Waals surface area contributed by atoms with Gasteiger partial charge in [-0.05, 0) is 25.7 Å². The fourth-order valence-electron chi connectivity index (χ4n) is 1.93. The van der Waals surface area contributed by atoms with E-state index in [0.717, 1.165) is 19.3 Å². The van der Waals surface area contributed by atoms with Crippen molar-refractivity contribution in [3.63, 3.8) is 0 Å². The standard InChI is InChI=1S/C13H22O7S/c1-2-3-4-5-7-10(12(14)15)11(13(16)17)8-6-9-21(18,19)20/h2-9H2,1H3,(H,14,15)(H,16,17)(H,18,19,20)/b11-10-. The van der Waals surface area contributed by atoms with E-state index in [1.54, 1.807) is 0 Å². The van der Waals surface area contributed by atoms with Crippen molar-refractivity contribution in [2.45, 2.75) is 51.9 Å². The molecule has 21 heavy (non-hydrogen) atoms. The van der Waals surface area contributed by atoms with E-state index in [1.807, 2.05) is 6.92 Å². The van der Waals surface area contributed by atoms with Crippen LogP contribution in [-0.2, 0) is 19.7 Å². The molecular weight excluding hydrogens is 300 g/mol. The highest BCUT2D eigenvalue weighted by Gasteiger charge is 2.20. The first-order chi connectivity index (χ1) is 9.69. The Balaban J connectivity index is 4.91. The number of unbranched alkanes of at least 4 members (excludes halogenated alkanes) is 3. The van der Waals surface area contributed by atoms with Crippen LogP contribution in [0.4, 0.5) is 0 Å². The molecule has 0 unspecified atom stereocenters. The second-order valence-electron chi connectivity index (χ2n) is 4.77. The lowest BCUT2D eigenvalue weighted by Gasteiger charge is -2.09. The van der Waals surface area contributed by atoms with E-state index in [1.165, 1.54) is 0 Å². The molecule has 3 N–H and O–H groups in total. The Morgan fingerprint density at radius 3 is 1.71 bits per heavy atom. The zero-order valence-electron chi connectivity index (χ0n) is 12.0. The predicted molar refractivity (Wildman–Crippen MR) is 76.7 cm³/mol. The van der Waals surface area contributed by atoms with Crippen molar-refractivity contribution in [1.29, 1.82) is 0 Å². The molecule has 0 fully saturated rings. The van der Waals surface area contributed by atoms with Gasteiger partial charge in [0.05, 0.1) is 5.75 Å². The number of aliphatic carboxylic acids is 2. The first kappa shape index (κ1) is 19.6. The van der Waals surface area contributed by atoms with Gasteiger partial charge in [-0.3, -0.25) is 4.55 Å². The van der Waals surface area contributed by atoms with E-state index < -0.39 is 27.8 Å². The molecule has 0 amide bonds.